The third-order valence-corrected chi connectivity index (χ3v) is 5.94. The van der Waals surface area contributed by atoms with Gasteiger partial charge in [-0.15, -0.1) is 0 Å². The summed E-state index contributed by atoms with van der Waals surface area (Å²) in [4.78, 5) is 11.8. The topological polar surface area (TPSA) is 38.3 Å². The summed E-state index contributed by atoms with van der Waals surface area (Å²) in [7, 11) is -1.25. The second-order valence-electron chi connectivity index (χ2n) is 6.79. The van der Waals surface area contributed by atoms with E-state index in [2.05, 4.69) is 25.0 Å². The number of esters is 1. The van der Waals surface area contributed by atoms with Gasteiger partial charge in [0.2, 0.25) is 0 Å². The molecule has 1 heterocycles. The molecule has 1 aliphatic heterocycles. The average molecular weight is 243 g/mol. The van der Waals surface area contributed by atoms with Crippen molar-refractivity contribution < 1.29 is 9.53 Å². The van der Waals surface area contributed by atoms with Crippen molar-refractivity contribution in [3.05, 3.63) is 0 Å². The number of nitrogens with one attached hydrogen (secondary N) is 1. The molecule has 0 aromatic heterocycles. The van der Waals surface area contributed by atoms with Gasteiger partial charge in [0.1, 0.15) is 0 Å². The summed E-state index contributed by atoms with van der Waals surface area (Å²) in [5.41, 5.74) is 0.132. The zero-order valence-corrected chi connectivity index (χ0v) is 12.4. The van der Waals surface area contributed by atoms with E-state index >= 15 is 0 Å². The molecule has 1 saturated heterocycles. The first-order valence-electron chi connectivity index (χ1n) is 6.07. The van der Waals surface area contributed by atoms with Crippen LogP contribution in [0, 0.1) is 5.41 Å². The summed E-state index contributed by atoms with van der Waals surface area (Å²) in [6.07, 6.45) is 1.08. The molecule has 1 fully saturated rings. The van der Waals surface area contributed by atoms with Crippen molar-refractivity contribution in [3.63, 3.8) is 0 Å². The van der Waals surface area contributed by atoms with E-state index in [4.69, 9.17) is 4.74 Å². The summed E-state index contributed by atoms with van der Waals surface area (Å²) in [5, 5.41) is 3.31. The predicted octanol–water partition coefficient (Wildman–Crippen LogP) is 2.60. The highest BCUT2D eigenvalue weighted by molar-refractivity contribution is 6.77. The fourth-order valence-corrected chi connectivity index (χ4v) is 4.08. The van der Waals surface area contributed by atoms with E-state index in [0.717, 1.165) is 13.0 Å². The summed E-state index contributed by atoms with van der Waals surface area (Å²) in [6, 6.07) is 0. The van der Waals surface area contributed by atoms with Gasteiger partial charge in [0, 0.05) is 5.54 Å². The highest BCUT2D eigenvalue weighted by Gasteiger charge is 2.40. The Morgan fingerprint density at radius 1 is 1.31 bits per heavy atom. The third-order valence-electron chi connectivity index (χ3n) is 3.13. The van der Waals surface area contributed by atoms with Gasteiger partial charge >= 0.3 is 5.97 Å². The van der Waals surface area contributed by atoms with Crippen LogP contribution in [0.15, 0.2) is 0 Å². The number of hydrogen-bond donors (Lipinski definition) is 1. The molecule has 0 spiro atoms. The van der Waals surface area contributed by atoms with Crippen LogP contribution < -0.4 is 5.32 Å². The van der Waals surface area contributed by atoms with Crippen LogP contribution in [-0.2, 0) is 9.53 Å². The van der Waals surface area contributed by atoms with Crippen molar-refractivity contribution in [2.24, 2.45) is 5.41 Å². The van der Waals surface area contributed by atoms with Crippen LogP contribution >= 0.6 is 0 Å². The van der Waals surface area contributed by atoms with Gasteiger partial charge in [-0.25, -0.2) is 0 Å². The zero-order chi connectivity index (χ0) is 12.6. The van der Waals surface area contributed by atoms with Gasteiger partial charge in [0.25, 0.3) is 0 Å². The minimum atomic E-state index is -1.25. The molecular formula is C12H25NO2Si. The van der Waals surface area contributed by atoms with E-state index in [9.17, 15) is 4.79 Å². The Labute approximate surface area is 100.0 Å². The van der Waals surface area contributed by atoms with Gasteiger partial charge in [-0.3, -0.25) is 10.1 Å². The molecule has 2 atom stereocenters. The first kappa shape index (κ1) is 13.7. The molecule has 1 aliphatic rings. The van der Waals surface area contributed by atoms with Crippen LogP contribution in [0.25, 0.3) is 0 Å². The molecular weight excluding hydrogens is 218 g/mol. The molecule has 0 aromatic carbocycles. The Morgan fingerprint density at radius 3 is 2.31 bits per heavy atom. The molecule has 94 valence electrons. The van der Waals surface area contributed by atoms with Crippen LogP contribution in [-0.4, -0.2) is 26.8 Å². The van der Waals surface area contributed by atoms with Gasteiger partial charge in [-0.1, -0.05) is 19.6 Å². The fourth-order valence-electron chi connectivity index (χ4n) is 1.98. The second kappa shape index (κ2) is 4.49. The lowest BCUT2D eigenvalue weighted by atomic mass is 9.97. The number of hydrogen-bond acceptors (Lipinski definition) is 3. The SMILES string of the molecule is CC(C)(C)C(=O)OC1NCCC1[Si](C)(C)C. The number of carbonyl (C=O) groups is 1. The standard InChI is InChI=1S/C12H25NO2Si/c1-12(2,3)11(14)15-10-9(7-8-13-10)16(4,5)6/h9-10,13H,7-8H2,1-6H3. The summed E-state index contributed by atoms with van der Waals surface area (Å²) < 4.78 is 5.60. The van der Waals surface area contributed by atoms with Crippen LogP contribution in [0.2, 0.25) is 25.2 Å². The molecule has 0 radical (unpaired) electrons. The summed E-state index contributed by atoms with van der Waals surface area (Å²) in [6.45, 7) is 13.7. The minimum absolute atomic E-state index is 0.0570. The average Bonchev–Trinajstić information content (AvgIpc) is 2.49. The monoisotopic (exact) mass is 243 g/mol. The fraction of sp³-hybridized carbons (Fsp3) is 0.917. The molecule has 2 unspecified atom stereocenters. The van der Waals surface area contributed by atoms with Crippen molar-refractivity contribution in [1.29, 1.82) is 0 Å². The first-order valence-corrected chi connectivity index (χ1v) is 9.64. The van der Waals surface area contributed by atoms with Crippen molar-refractivity contribution in [2.45, 2.75) is 58.6 Å². The molecule has 4 heteroatoms. The Hall–Kier alpha value is -0.353. The Morgan fingerprint density at radius 2 is 1.88 bits per heavy atom. The smallest absolute Gasteiger partial charge is 0.312 e. The highest BCUT2D eigenvalue weighted by Crippen LogP contribution is 2.34. The number of ether oxygens (including phenoxy) is 1. The molecule has 0 amide bonds. The first-order chi connectivity index (χ1) is 7.12. The Bertz CT molecular complexity index is 265. The maximum Gasteiger partial charge on any atom is 0.312 e. The van der Waals surface area contributed by atoms with Crippen LogP contribution in [0.4, 0.5) is 0 Å². The van der Waals surface area contributed by atoms with Crippen LogP contribution in [0.3, 0.4) is 0 Å². The van der Waals surface area contributed by atoms with E-state index in [1.165, 1.54) is 0 Å². The molecule has 16 heavy (non-hydrogen) atoms. The molecule has 1 rings (SSSR count). The third kappa shape index (κ3) is 3.32. The molecule has 0 bridgehead atoms. The molecule has 0 aromatic rings. The van der Waals surface area contributed by atoms with E-state index in [-0.39, 0.29) is 12.2 Å². The normalized spacial score (nSPS) is 26.9. The minimum Gasteiger partial charge on any atom is -0.446 e. The number of rotatable bonds is 2. The maximum atomic E-state index is 11.8. The Kier molecular flexibility index (Phi) is 3.85. The Balaban J connectivity index is 2.64. The van der Waals surface area contributed by atoms with Gasteiger partial charge in [0.05, 0.1) is 13.5 Å². The lowest BCUT2D eigenvalue weighted by Crippen LogP contribution is -2.42. The van der Waals surface area contributed by atoms with Gasteiger partial charge in [-0.05, 0) is 33.7 Å². The lowest BCUT2D eigenvalue weighted by molar-refractivity contribution is -0.159. The van der Waals surface area contributed by atoms with Crippen molar-refractivity contribution in [3.8, 4) is 0 Å². The highest BCUT2D eigenvalue weighted by atomic mass is 28.3. The van der Waals surface area contributed by atoms with Gasteiger partial charge in [-0.2, -0.15) is 0 Å². The van der Waals surface area contributed by atoms with E-state index < -0.39 is 13.5 Å². The zero-order valence-electron chi connectivity index (χ0n) is 11.4. The van der Waals surface area contributed by atoms with Crippen LogP contribution in [0.1, 0.15) is 27.2 Å². The van der Waals surface area contributed by atoms with E-state index in [1.54, 1.807) is 0 Å². The lowest BCUT2D eigenvalue weighted by Gasteiger charge is -2.31. The summed E-state index contributed by atoms with van der Waals surface area (Å²) >= 11 is 0. The largest absolute Gasteiger partial charge is 0.446 e. The van der Waals surface area contributed by atoms with Crippen molar-refractivity contribution in [2.75, 3.05) is 6.54 Å². The summed E-state index contributed by atoms with van der Waals surface area (Å²) in [5.74, 6) is -0.102. The van der Waals surface area contributed by atoms with Crippen molar-refractivity contribution in [1.82, 2.24) is 5.32 Å². The number of carbonyl (C=O) groups excluding carboxylic acids is 1. The van der Waals surface area contributed by atoms with Gasteiger partial charge < -0.3 is 4.74 Å². The second-order valence-corrected chi connectivity index (χ2v) is 12.3. The predicted molar refractivity (Wildman–Crippen MR) is 69.1 cm³/mol. The molecule has 0 aliphatic carbocycles. The molecule has 3 nitrogen and oxygen atoms in total. The molecule has 0 saturated carbocycles. The van der Waals surface area contributed by atoms with Crippen molar-refractivity contribution >= 4 is 14.0 Å². The van der Waals surface area contributed by atoms with Gasteiger partial charge in [0.15, 0.2) is 6.23 Å². The van der Waals surface area contributed by atoms with E-state index in [1.807, 2.05) is 20.8 Å². The quantitative estimate of drug-likeness (QED) is 0.598. The van der Waals surface area contributed by atoms with E-state index in [0.29, 0.717) is 5.54 Å². The molecule has 1 N–H and O–H groups in total. The van der Waals surface area contributed by atoms with Crippen LogP contribution in [0.5, 0.6) is 0 Å². The maximum absolute atomic E-state index is 11.8.